The number of hydrogen-bond acceptors (Lipinski definition) is 6. The summed E-state index contributed by atoms with van der Waals surface area (Å²) in [5.41, 5.74) is 2.29. The van der Waals surface area contributed by atoms with Gasteiger partial charge in [0.2, 0.25) is 0 Å². The predicted octanol–water partition coefficient (Wildman–Crippen LogP) is 3.95. The van der Waals surface area contributed by atoms with Crippen molar-refractivity contribution in [3.63, 3.8) is 0 Å². The van der Waals surface area contributed by atoms with Crippen LogP contribution in [0.4, 0.5) is 0 Å². The number of thioether (sulfide) groups is 1. The number of ether oxygens (including phenoxy) is 1. The third-order valence-electron chi connectivity index (χ3n) is 5.02. The highest BCUT2D eigenvalue weighted by molar-refractivity contribution is 7.99. The lowest BCUT2D eigenvalue weighted by molar-refractivity contribution is 0.126. The fourth-order valence-corrected chi connectivity index (χ4v) is 5.66. The Hall–Kier alpha value is -1.83. The number of aliphatic hydroxyl groups is 1. The monoisotopic (exact) mass is 416 g/mol. The number of fused-ring (bicyclic) bond motifs is 3. The van der Waals surface area contributed by atoms with Crippen molar-refractivity contribution in [1.82, 2.24) is 9.97 Å². The number of aromatic amines is 1. The minimum absolute atomic E-state index is 0.0649. The fourth-order valence-electron chi connectivity index (χ4n) is 3.45. The van der Waals surface area contributed by atoms with Crippen LogP contribution in [0.15, 0.2) is 34.2 Å². The number of aromatic nitrogens is 2. The van der Waals surface area contributed by atoms with Gasteiger partial charge in [0.05, 0.1) is 11.5 Å². The minimum atomic E-state index is -0.648. The molecule has 2 aromatic heterocycles. The van der Waals surface area contributed by atoms with E-state index >= 15 is 0 Å². The van der Waals surface area contributed by atoms with Crippen LogP contribution in [-0.4, -0.2) is 33.5 Å². The van der Waals surface area contributed by atoms with Gasteiger partial charge < -0.3 is 14.8 Å². The summed E-state index contributed by atoms with van der Waals surface area (Å²) in [5, 5.41) is 11.5. The van der Waals surface area contributed by atoms with Gasteiger partial charge >= 0.3 is 0 Å². The number of nitrogens with zero attached hydrogens (tertiary/aromatic N) is 1. The molecule has 2 N–H and O–H groups in total. The van der Waals surface area contributed by atoms with E-state index in [4.69, 9.17) is 4.74 Å². The van der Waals surface area contributed by atoms with Crippen LogP contribution in [-0.2, 0) is 12.8 Å². The molecule has 0 aliphatic heterocycles. The molecular weight excluding hydrogens is 392 g/mol. The molecule has 7 heteroatoms. The highest BCUT2D eigenvalue weighted by Gasteiger charge is 2.23. The van der Waals surface area contributed by atoms with E-state index in [2.05, 4.69) is 16.9 Å². The standard InChI is InChI=1S/C21H24N2O3S2/c1-12-3-6-15(7-4-12)26-10-14(24)11-27-21-22-19(25)18-16-8-5-13(2)9-17(16)28-20(18)23-21/h3-4,6-7,13-14,24H,5,8-11H2,1-2H3,(H,22,23,25). The number of rotatable bonds is 6. The first kappa shape index (κ1) is 19.5. The molecular formula is C21H24N2O3S2. The van der Waals surface area contributed by atoms with E-state index in [0.29, 0.717) is 16.8 Å². The van der Waals surface area contributed by atoms with Crippen LogP contribution in [0.2, 0.25) is 0 Å². The summed E-state index contributed by atoms with van der Waals surface area (Å²) in [6.07, 6.45) is 2.47. The first-order valence-electron chi connectivity index (χ1n) is 9.54. The second-order valence-corrected chi connectivity index (χ2v) is 9.58. The molecule has 0 amide bonds. The van der Waals surface area contributed by atoms with Crippen LogP contribution < -0.4 is 10.3 Å². The molecule has 2 atom stereocenters. The van der Waals surface area contributed by atoms with Crippen LogP contribution in [0.25, 0.3) is 10.2 Å². The van der Waals surface area contributed by atoms with Gasteiger partial charge in [-0.15, -0.1) is 11.3 Å². The molecule has 1 aromatic carbocycles. The normalized spacial score (nSPS) is 17.5. The van der Waals surface area contributed by atoms with Gasteiger partial charge in [-0.1, -0.05) is 36.4 Å². The zero-order valence-corrected chi connectivity index (χ0v) is 17.7. The summed E-state index contributed by atoms with van der Waals surface area (Å²) < 4.78 is 5.62. The van der Waals surface area contributed by atoms with Gasteiger partial charge in [-0.25, -0.2) is 4.98 Å². The van der Waals surface area contributed by atoms with Crippen molar-refractivity contribution in [1.29, 1.82) is 0 Å². The highest BCUT2D eigenvalue weighted by Crippen LogP contribution is 2.36. The number of aryl methyl sites for hydroxylation is 2. The van der Waals surface area contributed by atoms with Crippen molar-refractivity contribution in [2.45, 2.75) is 44.4 Å². The highest BCUT2D eigenvalue weighted by atomic mass is 32.2. The Morgan fingerprint density at radius 1 is 1.39 bits per heavy atom. The van der Waals surface area contributed by atoms with Crippen molar-refractivity contribution in [3.05, 3.63) is 50.6 Å². The summed E-state index contributed by atoms with van der Waals surface area (Å²) >= 11 is 2.99. The molecule has 0 spiro atoms. The summed E-state index contributed by atoms with van der Waals surface area (Å²) in [7, 11) is 0. The van der Waals surface area contributed by atoms with Gasteiger partial charge in [-0.3, -0.25) is 4.79 Å². The van der Waals surface area contributed by atoms with Gasteiger partial charge in [-0.05, 0) is 49.8 Å². The summed E-state index contributed by atoms with van der Waals surface area (Å²) in [6, 6.07) is 7.73. The number of aliphatic hydroxyl groups excluding tert-OH is 1. The van der Waals surface area contributed by atoms with Gasteiger partial charge in [0.15, 0.2) is 5.16 Å². The number of nitrogens with one attached hydrogen (secondary N) is 1. The van der Waals surface area contributed by atoms with Crippen molar-refractivity contribution < 1.29 is 9.84 Å². The van der Waals surface area contributed by atoms with E-state index in [1.54, 1.807) is 11.3 Å². The van der Waals surface area contributed by atoms with Crippen LogP contribution in [0.5, 0.6) is 5.75 Å². The van der Waals surface area contributed by atoms with E-state index in [9.17, 15) is 9.90 Å². The quantitative estimate of drug-likeness (QED) is 0.470. The van der Waals surface area contributed by atoms with E-state index < -0.39 is 6.10 Å². The molecule has 4 rings (SSSR count). The average molecular weight is 417 g/mol. The SMILES string of the molecule is Cc1ccc(OCC(O)CSc2nc3sc4c(c3c(=O)[nH]2)CCC(C)C4)cc1. The maximum atomic E-state index is 12.6. The number of hydrogen-bond donors (Lipinski definition) is 2. The van der Waals surface area contributed by atoms with E-state index in [1.807, 2.05) is 31.2 Å². The maximum Gasteiger partial charge on any atom is 0.260 e. The number of benzene rings is 1. The van der Waals surface area contributed by atoms with Crippen LogP contribution >= 0.6 is 23.1 Å². The van der Waals surface area contributed by atoms with Crippen molar-refractivity contribution in [2.75, 3.05) is 12.4 Å². The third kappa shape index (κ3) is 4.26. The Kier molecular flexibility index (Phi) is 5.75. The summed E-state index contributed by atoms with van der Waals surface area (Å²) in [4.78, 5) is 22.3. The Balaban J connectivity index is 1.40. The number of H-pyrrole nitrogens is 1. The second-order valence-electron chi connectivity index (χ2n) is 7.49. The van der Waals surface area contributed by atoms with E-state index in [1.165, 1.54) is 27.8 Å². The van der Waals surface area contributed by atoms with Gasteiger partial charge in [0.25, 0.3) is 5.56 Å². The predicted molar refractivity (Wildman–Crippen MR) is 115 cm³/mol. The molecule has 2 unspecified atom stereocenters. The van der Waals surface area contributed by atoms with E-state index in [-0.39, 0.29) is 12.2 Å². The molecule has 0 saturated carbocycles. The van der Waals surface area contributed by atoms with Crippen molar-refractivity contribution in [3.8, 4) is 5.75 Å². The van der Waals surface area contributed by atoms with Crippen molar-refractivity contribution >= 4 is 33.3 Å². The van der Waals surface area contributed by atoms with Crippen LogP contribution in [0.3, 0.4) is 0 Å². The molecule has 0 fully saturated rings. The smallest absolute Gasteiger partial charge is 0.260 e. The molecule has 28 heavy (non-hydrogen) atoms. The van der Waals surface area contributed by atoms with Crippen LogP contribution in [0.1, 0.15) is 29.3 Å². The first-order valence-corrected chi connectivity index (χ1v) is 11.3. The zero-order valence-electron chi connectivity index (χ0n) is 16.0. The molecule has 5 nitrogen and oxygen atoms in total. The Morgan fingerprint density at radius 2 is 2.18 bits per heavy atom. The molecule has 0 bridgehead atoms. The van der Waals surface area contributed by atoms with Gasteiger partial charge in [0.1, 0.15) is 17.2 Å². The summed E-state index contributed by atoms with van der Waals surface area (Å²) in [6.45, 7) is 4.48. The van der Waals surface area contributed by atoms with Crippen LogP contribution in [0, 0.1) is 12.8 Å². The van der Waals surface area contributed by atoms with Gasteiger partial charge in [0, 0.05) is 10.6 Å². The minimum Gasteiger partial charge on any atom is -0.491 e. The molecule has 3 aromatic rings. The lowest BCUT2D eigenvalue weighted by Gasteiger charge is -2.17. The summed E-state index contributed by atoms with van der Waals surface area (Å²) in [5.74, 6) is 1.81. The second kappa shape index (κ2) is 8.27. The zero-order chi connectivity index (χ0) is 19.7. The Morgan fingerprint density at radius 3 is 2.96 bits per heavy atom. The molecule has 148 valence electrons. The molecule has 1 aliphatic rings. The lowest BCUT2D eigenvalue weighted by Crippen LogP contribution is -2.20. The average Bonchev–Trinajstić information content (AvgIpc) is 3.03. The Bertz CT molecular complexity index is 1030. The molecule has 0 radical (unpaired) electrons. The largest absolute Gasteiger partial charge is 0.491 e. The van der Waals surface area contributed by atoms with Crippen molar-refractivity contribution in [2.24, 2.45) is 5.92 Å². The molecule has 2 heterocycles. The molecule has 0 saturated heterocycles. The fraction of sp³-hybridized carbons (Fsp3) is 0.429. The molecule has 1 aliphatic carbocycles. The topological polar surface area (TPSA) is 75.2 Å². The van der Waals surface area contributed by atoms with Gasteiger partial charge in [-0.2, -0.15) is 0 Å². The maximum absolute atomic E-state index is 12.6. The first-order chi connectivity index (χ1) is 13.5. The third-order valence-corrected chi connectivity index (χ3v) is 7.19. The Labute approximate surface area is 172 Å². The lowest BCUT2D eigenvalue weighted by atomic mass is 9.89. The van der Waals surface area contributed by atoms with E-state index in [0.717, 1.165) is 35.2 Å². The number of thiophene rings is 1.